The fraction of sp³-hybridized carbons (Fsp3) is 0.455. The Hall–Kier alpha value is -1.67. The molecular formula is C11H17N3O4S. The molecule has 0 aliphatic carbocycles. The van der Waals surface area contributed by atoms with Crippen molar-refractivity contribution in [1.29, 1.82) is 0 Å². The van der Waals surface area contributed by atoms with Crippen LogP contribution in [0, 0.1) is 0 Å². The van der Waals surface area contributed by atoms with Crippen LogP contribution >= 0.6 is 0 Å². The van der Waals surface area contributed by atoms with E-state index in [1.807, 2.05) is 0 Å². The Kier molecular flexibility index (Phi) is 5.71. The van der Waals surface area contributed by atoms with Crippen LogP contribution in [0.2, 0.25) is 0 Å². The van der Waals surface area contributed by atoms with Crippen molar-refractivity contribution in [2.75, 3.05) is 26.5 Å². The fourth-order valence-corrected chi connectivity index (χ4v) is 2.22. The summed E-state index contributed by atoms with van der Waals surface area (Å²) in [5, 5.41) is 2.44. The van der Waals surface area contributed by atoms with Crippen LogP contribution in [0.15, 0.2) is 24.5 Å². The van der Waals surface area contributed by atoms with Crippen molar-refractivity contribution in [2.24, 2.45) is 0 Å². The van der Waals surface area contributed by atoms with E-state index in [2.05, 4.69) is 15.0 Å². The average molecular weight is 287 g/mol. The van der Waals surface area contributed by atoms with Crippen LogP contribution in [0.3, 0.4) is 0 Å². The summed E-state index contributed by atoms with van der Waals surface area (Å²) in [7, 11) is -2.11. The zero-order valence-corrected chi connectivity index (χ0v) is 11.7. The minimum Gasteiger partial charge on any atom is -0.453 e. The summed E-state index contributed by atoms with van der Waals surface area (Å²) in [6.07, 6.45) is 3.76. The van der Waals surface area contributed by atoms with Crippen LogP contribution < -0.4 is 5.32 Å². The average Bonchev–Trinajstić information content (AvgIpc) is 2.37. The first kappa shape index (κ1) is 15.4. The lowest BCUT2D eigenvalue weighted by Gasteiger charge is -2.19. The second kappa shape index (κ2) is 7.05. The standard InChI is InChI=1S/C11H17N3O4S/c1-18-11(15)13-6-7-14(19(2,16)17)9-10-4-3-5-12-8-10/h3-5,8H,6-7,9H2,1-2H3,(H,13,15). The van der Waals surface area contributed by atoms with E-state index < -0.39 is 16.1 Å². The zero-order chi connectivity index (χ0) is 14.3. The molecule has 19 heavy (non-hydrogen) atoms. The van der Waals surface area contributed by atoms with Gasteiger partial charge in [-0.15, -0.1) is 0 Å². The molecule has 0 saturated carbocycles. The minimum absolute atomic E-state index is 0.169. The molecule has 1 N–H and O–H groups in total. The molecule has 0 aliphatic rings. The lowest BCUT2D eigenvalue weighted by molar-refractivity contribution is 0.170. The van der Waals surface area contributed by atoms with Gasteiger partial charge in [0.2, 0.25) is 10.0 Å². The molecule has 1 heterocycles. The summed E-state index contributed by atoms with van der Waals surface area (Å²) in [4.78, 5) is 14.8. The third-order valence-corrected chi connectivity index (χ3v) is 3.62. The number of pyridine rings is 1. The number of alkyl carbamates (subject to hydrolysis) is 1. The van der Waals surface area contributed by atoms with Crippen molar-refractivity contribution < 1.29 is 17.9 Å². The Morgan fingerprint density at radius 3 is 2.79 bits per heavy atom. The first-order chi connectivity index (χ1) is 8.93. The number of carbonyl (C=O) groups is 1. The Morgan fingerprint density at radius 2 is 2.26 bits per heavy atom. The molecule has 0 aromatic carbocycles. The third-order valence-electron chi connectivity index (χ3n) is 2.37. The van der Waals surface area contributed by atoms with Crippen LogP contribution in [0.4, 0.5) is 4.79 Å². The van der Waals surface area contributed by atoms with Crippen molar-refractivity contribution in [3.63, 3.8) is 0 Å². The van der Waals surface area contributed by atoms with Gasteiger partial charge in [-0.2, -0.15) is 4.31 Å². The molecular weight excluding hydrogens is 270 g/mol. The number of sulfonamides is 1. The van der Waals surface area contributed by atoms with Gasteiger partial charge in [0.05, 0.1) is 13.4 Å². The van der Waals surface area contributed by atoms with Gasteiger partial charge in [0.15, 0.2) is 0 Å². The number of nitrogens with zero attached hydrogens (tertiary/aromatic N) is 2. The maximum atomic E-state index is 11.6. The summed E-state index contributed by atoms with van der Waals surface area (Å²) in [6, 6.07) is 3.53. The van der Waals surface area contributed by atoms with Crippen LogP contribution in [0.1, 0.15) is 5.56 Å². The van der Waals surface area contributed by atoms with Gasteiger partial charge in [0.1, 0.15) is 0 Å². The summed E-state index contributed by atoms with van der Waals surface area (Å²) in [5.74, 6) is 0. The maximum absolute atomic E-state index is 11.6. The number of hydrogen-bond donors (Lipinski definition) is 1. The quantitative estimate of drug-likeness (QED) is 0.807. The molecule has 0 atom stereocenters. The predicted octanol–water partition coefficient (Wildman–Crippen LogP) is 0.199. The van der Waals surface area contributed by atoms with Gasteiger partial charge in [0, 0.05) is 32.0 Å². The number of amides is 1. The Bertz CT molecular complexity index is 504. The van der Waals surface area contributed by atoms with Gasteiger partial charge in [-0.3, -0.25) is 4.98 Å². The van der Waals surface area contributed by atoms with Crippen molar-refractivity contribution in [1.82, 2.24) is 14.6 Å². The predicted molar refractivity (Wildman–Crippen MR) is 69.9 cm³/mol. The van der Waals surface area contributed by atoms with E-state index >= 15 is 0 Å². The van der Waals surface area contributed by atoms with Gasteiger partial charge in [-0.25, -0.2) is 13.2 Å². The lowest BCUT2D eigenvalue weighted by Crippen LogP contribution is -2.37. The van der Waals surface area contributed by atoms with Crippen LogP contribution in [0.25, 0.3) is 0 Å². The Labute approximate surface area is 112 Å². The summed E-state index contributed by atoms with van der Waals surface area (Å²) in [6.45, 7) is 0.568. The van der Waals surface area contributed by atoms with E-state index in [-0.39, 0.29) is 19.6 Å². The van der Waals surface area contributed by atoms with Gasteiger partial charge in [-0.05, 0) is 11.6 Å². The largest absolute Gasteiger partial charge is 0.453 e. The Morgan fingerprint density at radius 1 is 1.53 bits per heavy atom. The highest BCUT2D eigenvalue weighted by Crippen LogP contribution is 2.06. The molecule has 1 aromatic rings. The molecule has 8 heteroatoms. The number of carbonyl (C=O) groups excluding carboxylic acids is 1. The summed E-state index contributed by atoms with van der Waals surface area (Å²) < 4.78 is 29.0. The molecule has 0 spiro atoms. The molecule has 0 radical (unpaired) electrons. The minimum atomic E-state index is -3.35. The Balaban J connectivity index is 2.61. The monoisotopic (exact) mass is 287 g/mol. The van der Waals surface area contributed by atoms with Crippen LogP contribution in [-0.2, 0) is 21.3 Å². The highest BCUT2D eigenvalue weighted by atomic mass is 32.2. The van der Waals surface area contributed by atoms with Gasteiger partial charge in [-0.1, -0.05) is 6.07 Å². The molecule has 0 bridgehead atoms. The highest BCUT2D eigenvalue weighted by Gasteiger charge is 2.17. The number of nitrogens with one attached hydrogen (secondary N) is 1. The smallest absolute Gasteiger partial charge is 0.406 e. The number of ether oxygens (including phenoxy) is 1. The van der Waals surface area contributed by atoms with E-state index in [4.69, 9.17) is 0 Å². The fourth-order valence-electron chi connectivity index (χ4n) is 1.41. The highest BCUT2D eigenvalue weighted by molar-refractivity contribution is 7.88. The molecule has 0 fully saturated rings. The molecule has 0 unspecified atom stereocenters. The van der Waals surface area contributed by atoms with E-state index in [0.29, 0.717) is 0 Å². The first-order valence-electron chi connectivity index (χ1n) is 5.59. The number of hydrogen-bond acceptors (Lipinski definition) is 5. The normalized spacial score (nSPS) is 11.3. The van der Waals surface area contributed by atoms with Gasteiger partial charge < -0.3 is 10.1 Å². The zero-order valence-electron chi connectivity index (χ0n) is 10.9. The number of methoxy groups -OCH3 is 1. The second-order valence-corrected chi connectivity index (χ2v) is 5.86. The van der Waals surface area contributed by atoms with Crippen molar-refractivity contribution in [3.8, 4) is 0 Å². The van der Waals surface area contributed by atoms with E-state index in [0.717, 1.165) is 11.8 Å². The van der Waals surface area contributed by atoms with E-state index in [9.17, 15) is 13.2 Å². The molecule has 0 saturated heterocycles. The van der Waals surface area contributed by atoms with E-state index in [1.54, 1.807) is 24.5 Å². The molecule has 7 nitrogen and oxygen atoms in total. The van der Waals surface area contributed by atoms with Gasteiger partial charge >= 0.3 is 6.09 Å². The third kappa shape index (κ3) is 5.66. The van der Waals surface area contributed by atoms with Crippen molar-refractivity contribution in [2.45, 2.75) is 6.54 Å². The van der Waals surface area contributed by atoms with E-state index in [1.165, 1.54) is 11.4 Å². The number of aromatic nitrogens is 1. The first-order valence-corrected chi connectivity index (χ1v) is 7.44. The summed E-state index contributed by atoms with van der Waals surface area (Å²) in [5.41, 5.74) is 0.783. The SMILES string of the molecule is COC(=O)NCCN(Cc1cccnc1)S(C)(=O)=O. The molecule has 1 aromatic heterocycles. The second-order valence-electron chi connectivity index (χ2n) is 3.88. The van der Waals surface area contributed by atoms with Crippen molar-refractivity contribution in [3.05, 3.63) is 30.1 Å². The topological polar surface area (TPSA) is 88.6 Å². The summed E-state index contributed by atoms with van der Waals surface area (Å²) >= 11 is 0. The van der Waals surface area contributed by atoms with Crippen LogP contribution in [-0.4, -0.2) is 50.3 Å². The molecule has 106 valence electrons. The maximum Gasteiger partial charge on any atom is 0.406 e. The molecule has 1 amide bonds. The molecule has 1 rings (SSSR count). The lowest BCUT2D eigenvalue weighted by atomic mass is 10.3. The molecule has 0 aliphatic heterocycles. The van der Waals surface area contributed by atoms with Crippen LogP contribution in [0.5, 0.6) is 0 Å². The number of rotatable bonds is 6. The van der Waals surface area contributed by atoms with Crippen molar-refractivity contribution >= 4 is 16.1 Å². The van der Waals surface area contributed by atoms with Gasteiger partial charge in [0.25, 0.3) is 0 Å².